The maximum Gasteiger partial charge on any atom is 0.347 e. The number of pyridine rings is 1. The maximum atomic E-state index is 13.0. The van der Waals surface area contributed by atoms with Gasteiger partial charge in [-0.15, -0.1) is 0 Å². The van der Waals surface area contributed by atoms with E-state index in [2.05, 4.69) is 11.4 Å². The largest absolute Gasteiger partial charge is 0.431 e. The van der Waals surface area contributed by atoms with E-state index in [4.69, 9.17) is 4.74 Å². The summed E-state index contributed by atoms with van der Waals surface area (Å²) in [5, 5.41) is 15.1. The molecule has 3 aliphatic heterocycles. The number of para-hydroxylation sites is 1. The molecule has 0 fully saturated rings. The fourth-order valence-electron chi connectivity index (χ4n) is 3.87. The molecule has 1 atom stereocenters. The van der Waals surface area contributed by atoms with E-state index in [1.165, 1.54) is 0 Å². The number of aromatic nitrogens is 1. The van der Waals surface area contributed by atoms with Gasteiger partial charge in [0.1, 0.15) is 6.26 Å². The quantitative estimate of drug-likeness (QED) is 0.728. The molecule has 26 heavy (non-hydrogen) atoms. The van der Waals surface area contributed by atoms with Crippen LogP contribution in [0.4, 0.5) is 5.69 Å². The molecule has 0 amide bonds. The topological polar surface area (TPSA) is 80.6 Å². The smallest absolute Gasteiger partial charge is 0.347 e. The Balaban J connectivity index is 1.84. The van der Waals surface area contributed by atoms with Gasteiger partial charge in [0.25, 0.3) is 5.56 Å². The van der Waals surface area contributed by atoms with E-state index in [-0.39, 0.29) is 17.2 Å². The minimum absolute atomic E-state index is 0.129. The minimum atomic E-state index is -1.81. The molecule has 6 heteroatoms. The molecular formula is C20H16N2O4. The van der Waals surface area contributed by atoms with Crippen LogP contribution in [0, 0.1) is 0 Å². The molecular weight excluding hydrogens is 332 g/mol. The van der Waals surface area contributed by atoms with Gasteiger partial charge in [-0.05, 0) is 35.8 Å². The van der Waals surface area contributed by atoms with E-state index in [0.717, 1.165) is 28.8 Å². The predicted molar refractivity (Wildman–Crippen MR) is 96.1 cm³/mol. The van der Waals surface area contributed by atoms with Crippen molar-refractivity contribution in [1.29, 1.82) is 0 Å². The third kappa shape index (κ3) is 1.79. The van der Waals surface area contributed by atoms with Gasteiger partial charge < -0.3 is 19.7 Å². The number of cyclic esters (lactones) is 1. The molecule has 5 rings (SSSR count). The number of rotatable bonds is 1. The van der Waals surface area contributed by atoms with E-state index < -0.39 is 11.6 Å². The van der Waals surface area contributed by atoms with Crippen molar-refractivity contribution in [2.24, 2.45) is 0 Å². The fourth-order valence-corrected chi connectivity index (χ4v) is 3.87. The van der Waals surface area contributed by atoms with Gasteiger partial charge in [0.2, 0.25) is 0 Å². The van der Waals surface area contributed by atoms with Crippen LogP contribution in [-0.2, 0) is 21.7 Å². The number of aliphatic hydroxyl groups is 1. The lowest BCUT2D eigenvalue weighted by Gasteiger charge is -2.27. The summed E-state index contributed by atoms with van der Waals surface area (Å²) in [5.74, 6) is -0.752. The van der Waals surface area contributed by atoms with Gasteiger partial charge in [0.15, 0.2) is 5.60 Å². The Kier molecular flexibility index (Phi) is 2.89. The number of anilines is 1. The third-order valence-electron chi connectivity index (χ3n) is 5.37. The summed E-state index contributed by atoms with van der Waals surface area (Å²) in [4.78, 5) is 25.1. The average molecular weight is 348 g/mol. The summed E-state index contributed by atoms with van der Waals surface area (Å²) in [6.45, 7) is 2.12. The highest BCUT2D eigenvalue weighted by atomic mass is 16.5. The third-order valence-corrected chi connectivity index (χ3v) is 5.37. The molecule has 2 aromatic rings. The number of nitrogens with one attached hydrogen (secondary N) is 1. The molecule has 0 saturated heterocycles. The first-order valence-electron chi connectivity index (χ1n) is 8.52. The molecule has 1 unspecified atom stereocenters. The Labute approximate surface area is 148 Å². The van der Waals surface area contributed by atoms with Gasteiger partial charge in [-0.25, -0.2) is 4.79 Å². The monoisotopic (exact) mass is 348 g/mol. The van der Waals surface area contributed by atoms with Gasteiger partial charge in [-0.1, -0.05) is 25.1 Å². The van der Waals surface area contributed by atoms with Crippen LogP contribution in [0.3, 0.4) is 0 Å². The molecule has 0 radical (unpaired) electrons. The molecule has 0 spiro atoms. The Morgan fingerprint density at radius 3 is 2.92 bits per heavy atom. The summed E-state index contributed by atoms with van der Waals surface area (Å²) >= 11 is 0. The fraction of sp³-hybridized carbons (Fsp3) is 0.200. The number of carbonyl (C=O) groups is 1. The molecule has 1 aromatic heterocycles. The Morgan fingerprint density at radius 2 is 2.12 bits per heavy atom. The number of nitrogens with zero attached hydrogens (tertiary/aromatic N) is 1. The van der Waals surface area contributed by atoms with Gasteiger partial charge in [-0.2, -0.15) is 0 Å². The van der Waals surface area contributed by atoms with Gasteiger partial charge in [0.05, 0.1) is 22.8 Å². The molecule has 1 aromatic carbocycles. The zero-order chi connectivity index (χ0) is 18.1. The van der Waals surface area contributed by atoms with Crippen LogP contribution in [0.25, 0.3) is 18.0 Å². The van der Waals surface area contributed by atoms with Crippen LogP contribution in [-0.4, -0.2) is 15.6 Å². The first-order chi connectivity index (χ1) is 12.5. The van der Waals surface area contributed by atoms with Crippen LogP contribution in [0.15, 0.2) is 40.7 Å². The van der Waals surface area contributed by atoms with Crippen LogP contribution in [0.2, 0.25) is 0 Å². The number of carbonyl (C=O) groups excluding carboxylic acids is 1. The SMILES string of the molecule is CCC1(O)C(=O)OC=c2c1cc1n(c2=O)CC2=Cc3ccccc3NC=12. The number of hydrogen-bond donors (Lipinski definition) is 2. The number of fused-ring (bicyclic) bond motifs is 4. The molecule has 6 nitrogen and oxygen atoms in total. The van der Waals surface area contributed by atoms with Crippen molar-refractivity contribution in [2.75, 3.05) is 5.32 Å². The van der Waals surface area contributed by atoms with E-state index in [9.17, 15) is 14.7 Å². The zero-order valence-corrected chi connectivity index (χ0v) is 14.1. The zero-order valence-electron chi connectivity index (χ0n) is 14.1. The van der Waals surface area contributed by atoms with E-state index in [1.54, 1.807) is 17.6 Å². The average Bonchev–Trinajstić information content (AvgIpc) is 3.01. The summed E-state index contributed by atoms with van der Waals surface area (Å²) < 4.78 is 6.60. The Morgan fingerprint density at radius 1 is 1.31 bits per heavy atom. The van der Waals surface area contributed by atoms with Crippen molar-refractivity contribution in [2.45, 2.75) is 25.5 Å². The standard InChI is InChI=1S/C20H16N2O4/c1-2-20(25)14-8-16-17-12(7-11-5-3-4-6-15(11)21-17)9-22(16)18(23)13(14)10-26-19(20)24/h3-8,10,21,25H,2,9H2,1H3. The molecule has 3 aliphatic rings. The highest BCUT2D eigenvalue weighted by Crippen LogP contribution is 2.32. The van der Waals surface area contributed by atoms with Crippen LogP contribution in [0.1, 0.15) is 24.5 Å². The summed E-state index contributed by atoms with van der Waals surface area (Å²) in [6.07, 6.45) is 3.34. The van der Waals surface area contributed by atoms with Crippen molar-refractivity contribution >= 4 is 29.7 Å². The molecule has 4 heterocycles. The molecule has 130 valence electrons. The maximum absolute atomic E-state index is 13.0. The van der Waals surface area contributed by atoms with Crippen molar-refractivity contribution < 1.29 is 14.6 Å². The lowest BCUT2D eigenvalue weighted by atomic mass is 9.89. The second-order valence-corrected chi connectivity index (χ2v) is 6.74. The summed E-state index contributed by atoms with van der Waals surface area (Å²) in [6, 6.07) is 9.63. The summed E-state index contributed by atoms with van der Waals surface area (Å²) in [7, 11) is 0. The first kappa shape index (κ1) is 15.2. The minimum Gasteiger partial charge on any atom is -0.431 e. The number of benzene rings is 1. The number of hydrogen-bond acceptors (Lipinski definition) is 5. The van der Waals surface area contributed by atoms with Gasteiger partial charge >= 0.3 is 5.97 Å². The second-order valence-electron chi connectivity index (χ2n) is 6.74. The van der Waals surface area contributed by atoms with Crippen molar-refractivity contribution in [3.8, 4) is 0 Å². The van der Waals surface area contributed by atoms with Crippen molar-refractivity contribution in [3.63, 3.8) is 0 Å². The first-order valence-corrected chi connectivity index (χ1v) is 8.52. The van der Waals surface area contributed by atoms with Crippen LogP contribution in [0.5, 0.6) is 0 Å². The molecule has 0 saturated carbocycles. The highest BCUT2D eigenvalue weighted by Gasteiger charge is 2.42. The lowest BCUT2D eigenvalue weighted by molar-refractivity contribution is -0.160. The van der Waals surface area contributed by atoms with Crippen molar-refractivity contribution in [3.05, 3.63) is 68.0 Å². The number of esters is 1. The Bertz CT molecular complexity index is 1210. The Hall–Kier alpha value is -3.12. The second kappa shape index (κ2) is 4.95. The van der Waals surface area contributed by atoms with E-state index >= 15 is 0 Å². The summed E-state index contributed by atoms with van der Waals surface area (Å²) in [5.41, 5.74) is 2.08. The predicted octanol–water partition coefficient (Wildman–Crippen LogP) is 0.372. The van der Waals surface area contributed by atoms with Crippen LogP contribution < -0.4 is 21.4 Å². The van der Waals surface area contributed by atoms with Gasteiger partial charge in [0, 0.05) is 11.3 Å². The number of ether oxygens (including phenoxy) is 1. The molecule has 2 N–H and O–H groups in total. The van der Waals surface area contributed by atoms with E-state index in [0.29, 0.717) is 17.5 Å². The van der Waals surface area contributed by atoms with Gasteiger partial charge in [-0.3, -0.25) is 4.79 Å². The van der Waals surface area contributed by atoms with Crippen molar-refractivity contribution in [1.82, 2.24) is 4.57 Å². The van der Waals surface area contributed by atoms with Crippen LogP contribution >= 0.6 is 0 Å². The molecule has 0 bridgehead atoms. The lowest BCUT2D eigenvalue weighted by Crippen LogP contribution is -2.52. The normalized spacial score (nSPS) is 22.2. The highest BCUT2D eigenvalue weighted by molar-refractivity contribution is 5.91. The van der Waals surface area contributed by atoms with E-state index in [1.807, 2.05) is 24.3 Å². The molecule has 0 aliphatic carbocycles.